The Labute approximate surface area is 172 Å². The van der Waals surface area contributed by atoms with Gasteiger partial charge in [0.2, 0.25) is 5.91 Å². The fraction of sp³-hybridized carbons (Fsp3) is 0.636. The minimum absolute atomic E-state index is 0.0497. The molecule has 1 N–H and O–H groups in total. The van der Waals surface area contributed by atoms with Gasteiger partial charge in [-0.3, -0.25) is 9.48 Å². The van der Waals surface area contributed by atoms with E-state index in [1.54, 1.807) is 0 Å². The van der Waals surface area contributed by atoms with Crippen molar-refractivity contribution >= 4 is 5.91 Å². The van der Waals surface area contributed by atoms with Gasteiger partial charge in [-0.1, -0.05) is 0 Å². The van der Waals surface area contributed by atoms with Crippen molar-refractivity contribution in [2.75, 3.05) is 19.6 Å². The van der Waals surface area contributed by atoms with E-state index in [0.717, 1.165) is 60.9 Å². The summed E-state index contributed by atoms with van der Waals surface area (Å²) in [6, 6.07) is 0.0497. The first kappa shape index (κ1) is 20.0. The van der Waals surface area contributed by atoms with Crippen LogP contribution >= 0.6 is 0 Å². The van der Waals surface area contributed by atoms with Gasteiger partial charge in [-0.2, -0.15) is 5.10 Å². The molecule has 2 aromatic heterocycles. The number of aryl methyl sites for hydroxylation is 1. The molecule has 156 valence electrons. The molecule has 0 aromatic carbocycles. The average Bonchev–Trinajstić information content (AvgIpc) is 3.01. The average molecular weight is 397 g/mol. The smallest absolute Gasteiger partial charge is 0.225 e. The zero-order valence-electron chi connectivity index (χ0n) is 18.0. The third kappa shape index (κ3) is 4.06. The van der Waals surface area contributed by atoms with E-state index in [2.05, 4.69) is 36.2 Å². The summed E-state index contributed by atoms with van der Waals surface area (Å²) in [5.74, 6) is 1.55. The van der Waals surface area contributed by atoms with Gasteiger partial charge in [-0.05, 0) is 52.6 Å². The summed E-state index contributed by atoms with van der Waals surface area (Å²) in [7, 11) is 0. The van der Waals surface area contributed by atoms with E-state index >= 15 is 0 Å². The van der Waals surface area contributed by atoms with Gasteiger partial charge >= 0.3 is 0 Å². The van der Waals surface area contributed by atoms with Gasteiger partial charge in [-0.25, -0.2) is 9.97 Å². The van der Waals surface area contributed by atoms with Gasteiger partial charge in [0, 0.05) is 55.8 Å². The maximum atomic E-state index is 12.9. The SMILES string of the molecule is Cc1nn([C@@H](C)CC(=O)N2CCc3nc([C@H]4CCCNC4)ncc3C2)c(C)c1C. The first-order valence-corrected chi connectivity index (χ1v) is 10.8. The van der Waals surface area contributed by atoms with Crippen LogP contribution in [0.25, 0.3) is 0 Å². The van der Waals surface area contributed by atoms with E-state index in [9.17, 15) is 4.79 Å². The highest BCUT2D eigenvalue weighted by Crippen LogP contribution is 2.25. The van der Waals surface area contributed by atoms with Crippen molar-refractivity contribution < 1.29 is 4.79 Å². The second kappa shape index (κ2) is 8.22. The number of carbonyl (C=O) groups excluding carboxylic acids is 1. The summed E-state index contributed by atoms with van der Waals surface area (Å²) in [6.07, 6.45) is 5.55. The number of nitrogens with one attached hydrogen (secondary N) is 1. The molecule has 2 aliphatic heterocycles. The number of fused-ring (bicyclic) bond motifs is 1. The zero-order chi connectivity index (χ0) is 20.5. The normalized spacial score (nSPS) is 20.4. The Kier molecular flexibility index (Phi) is 5.67. The highest BCUT2D eigenvalue weighted by molar-refractivity contribution is 5.77. The number of hydrogen-bond acceptors (Lipinski definition) is 5. The first-order valence-electron chi connectivity index (χ1n) is 10.8. The molecular formula is C22H32N6O. The molecule has 7 nitrogen and oxygen atoms in total. The Morgan fingerprint density at radius 1 is 1.34 bits per heavy atom. The van der Waals surface area contributed by atoms with Crippen molar-refractivity contribution in [3.8, 4) is 0 Å². The summed E-state index contributed by atoms with van der Waals surface area (Å²) >= 11 is 0. The zero-order valence-corrected chi connectivity index (χ0v) is 18.0. The Balaban J connectivity index is 1.41. The lowest BCUT2D eigenvalue weighted by Gasteiger charge is -2.30. The topological polar surface area (TPSA) is 75.9 Å². The number of hydrogen-bond donors (Lipinski definition) is 1. The van der Waals surface area contributed by atoms with Gasteiger partial charge in [-0.15, -0.1) is 0 Å². The minimum atomic E-state index is 0.0497. The quantitative estimate of drug-likeness (QED) is 0.860. The van der Waals surface area contributed by atoms with E-state index in [-0.39, 0.29) is 11.9 Å². The second-order valence-corrected chi connectivity index (χ2v) is 8.60. The number of carbonyl (C=O) groups is 1. The monoisotopic (exact) mass is 396 g/mol. The molecule has 0 radical (unpaired) electrons. The van der Waals surface area contributed by atoms with Crippen molar-refractivity contribution in [3.05, 3.63) is 40.2 Å². The lowest BCUT2D eigenvalue weighted by molar-refractivity contribution is -0.133. The molecule has 4 rings (SSSR count). The molecule has 1 amide bonds. The van der Waals surface area contributed by atoms with Crippen molar-refractivity contribution in [1.82, 2.24) is 30.0 Å². The summed E-state index contributed by atoms with van der Waals surface area (Å²) < 4.78 is 1.99. The predicted molar refractivity (Wildman–Crippen MR) is 112 cm³/mol. The van der Waals surface area contributed by atoms with E-state index in [1.807, 2.05) is 22.7 Å². The van der Waals surface area contributed by atoms with Crippen LogP contribution in [0.2, 0.25) is 0 Å². The second-order valence-electron chi connectivity index (χ2n) is 8.60. The molecule has 29 heavy (non-hydrogen) atoms. The minimum Gasteiger partial charge on any atom is -0.338 e. The summed E-state index contributed by atoms with van der Waals surface area (Å²) in [6.45, 7) is 11.6. The third-order valence-corrected chi connectivity index (χ3v) is 6.54. The van der Waals surface area contributed by atoms with Crippen LogP contribution in [0.15, 0.2) is 6.20 Å². The summed E-state index contributed by atoms with van der Waals surface area (Å²) in [5.41, 5.74) is 5.59. The van der Waals surface area contributed by atoms with Crippen molar-refractivity contribution in [2.24, 2.45) is 0 Å². The fourth-order valence-corrected chi connectivity index (χ4v) is 4.46. The molecule has 0 spiro atoms. The molecule has 7 heteroatoms. The molecule has 0 aliphatic carbocycles. The Bertz CT molecular complexity index is 899. The Morgan fingerprint density at radius 2 is 2.17 bits per heavy atom. The molecule has 2 aliphatic rings. The molecule has 1 fully saturated rings. The number of aromatic nitrogens is 4. The van der Waals surface area contributed by atoms with E-state index in [1.165, 1.54) is 12.0 Å². The molecule has 2 aromatic rings. The highest BCUT2D eigenvalue weighted by Gasteiger charge is 2.26. The summed E-state index contributed by atoms with van der Waals surface area (Å²) in [5, 5.41) is 8.05. The predicted octanol–water partition coefficient (Wildman–Crippen LogP) is 2.60. The van der Waals surface area contributed by atoms with Crippen LogP contribution in [0.1, 0.15) is 72.2 Å². The Hall–Kier alpha value is -2.28. The Morgan fingerprint density at radius 3 is 2.86 bits per heavy atom. The largest absolute Gasteiger partial charge is 0.338 e. The third-order valence-electron chi connectivity index (χ3n) is 6.54. The molecule has 1 saturated heterocycles. The molecule has 0 unspecified atom stereocenters. The van der Waals surface area contributed by atoms with Gasteiger partial charge in [0.15, 0.2) is 0 Å². The van der Waals surface area contributed by atoms with Crippen LogP contribution in [0, 0.1) is 20.8 Å². The van der Waals surface area contributed by atoms with Gasteiger partial charge in [0.1, 0.15) is 5.82 Å². The van der Waals surface area contributed by atoms with Crippen LogP contribution in [0.4, 0.5) is 0 Å². The molecular weight excluding hydrogens is 364 g/mol. The maximum absolute atomic E-state index is 12.9. The maximum Gasteiger partial charge on any atom is 0.225 e. The van der Waals surface area contributed by atoms with Crippen LogP contribution in [0.5, 0.6) is 0 Å². The van der Waals surface area contributed by atoms with E-state index in [0.29, 0.717) is 18.9 Å². The van der Waals surface area contributed by atoms with Crippen molar-refractivity contribution in [1.29, 1.82) is 0 Å². The summed E-state index contributed by atoms with van der Waals surface area (Å²) in [4.78, 5) is 24.4. The standard InChI is InChI=1S/C22H32N6O/c1-14(28-17(4)15(2)16(3)26-28)10-21(29)27-9-7-20-19(13-27)12-24-22(25-20)18-6-5-8-23-11-18/h12,14,18,23H,5-11,13H2,1-4H3/t14-,18-/m0/s1. The van der Waals surface area contributed by atoms with Gasteiger partial charge < -0.3 is 10.2 Å². The van der Waals surface area contributed by atoms with Crippen LogP contribution < -0.4 is 5.32 Å². The van der Waals surface area contributed by atoms with Crippen LogP contribution in [-0.2, 0) is 17.8 Å². The number of nitrogens with zero attached hydrogens (tertiary/aromatic N) is 5. The molecule has 2 atom stereocenters. The lowest BCUT2D eigenvalue weighted by Crippen LogP contribution is -2.38. The van der Waals surface area contributed by atoms with Crippen molar-refractivity contribution in [2.45, 2.75) is 71.9 Å². The first-order chi connectivity index (χ1) is 13.9. The highest BCUT2D eigenvalue weighted by atomic mass is 16.2. The molecule has 0 saturated carbocycles. The number of piperidine rings is 1. The van der Waals surface area contributed by atoms with Crippen LogP contribution in [-0.4, -0.2) is 50.2 Å². The number of rotatable bonds is 4. The van der Waals surface area contributed by atoms with E-state index in [4.69, 9.17) is 4.98 Å². The van der Waals surface area contributed by atoms with Gasteiger partial charge in [0.05, 0.1) is 17.4 Å². The fourth-order valence-electron chi connectivity index (χ4n) is 4.46. The lowest BCUT2D eigenvalue weighted by atomic mass is 9.98. The van der Waals surface area contributed by atoms with Crippen molar-refractivity contribution in [3.63, 3.8) is 0 Å². The van der Waals surface area contributed by atoms with Crippen LogP contribution in [0.3, 0.4) is 0 Å². The van der Waals surface area contributed by atoms with Gasteiger partial charge in [0.25, 0.3) is 0 Å². The number of amides is 1. The molecule has 0 bridgehead atoms. The molecule has 4 heterocycles. The van der Waals surface area contributed by atoms with E-state index < -0.39 is 0 Å².